The molecule has 0 atom stereocenters. The molecule has 0 spiro atoms. The maximum Gasteiger partial charge on any atom is 0.130 e. The average Bonchev–Trinajstić information content (AvgIpc) is 1.76. The molecule has 0 amide bonds. The van der Waals surface area contributed by atoms with Crippen LogP contribution in [-0.2, 0) is 4.74 Å². The van der Waals surface area contributed by atoms with E-state index >= 15 is 0 Å². The Kier molecular flexibility index (Phi) is 0.834. The molecule has 0 saturated carbocycles. The summed E-state index contributed by atoms with van der Waals surface area (Å²) >= 11 is 0. The van der Waals surface area contributed by atoms with Crippen LogP contribution in [0.15, 0.2) is 0 Å². The van der Waals surface area contributed by atoms with E-state index in [9.17, 15) is 0 Å². The lowest BCUT2D eigenvalue weighted by atomic mass is 11.3. The van der Waals surface area contributed by atoms with Gasteiger partial charge in [-0.15, -0.1) is 5.43 Å². The second-order valence-electron chi connectivity index (χ2n) is 0.794. The van der Waals surface area contributed by atoms with Crippen molar-refractivity contribution in [3.8, 4) is 0 Å². The van der Waals surface area contributed by atoms with Gasteiger partial charge in [-0.2, -0.15) is 0 Å². The smallest absolute Gasteiger partial charge is 0.130 e. The van der Waals surface area contributed by atoms with E-state index in [1.807, 2.05) is 0 Å². The van der Waals surface area contributed by atoms with E-state index in [-0.39, 0.29) is 0 Å². The molecule has 1 fully saturated rings. The molecule has 5 heavy (non-hydrogen) atoms. The molecule has 1 rings (SSSR count). The summed E-state index contributed by atoms with van der Waals surface area (Å²) in [6.07, 6.45) is 0. The van der Waals surface area contributed by atoms with E-state index in [2.05, 4.69) is 15.6 Å². The second-order valence-corrected chi connectivity index (χ2v) is 0.794. The minimum atomic E-state index is 0.514. The molecule has 0 aromatic heterocycles. The van der Waals surface area contributed by atoms with Gasteiger partial charge in [0.2, 0.25) is 0 Å². The molecular formula is C2H5N2O. The van der Waals surface area contributed by atoms with E-state index in [4.69, 9.17) is 0 Å². The molecule has 3 nitrogen and oxygen atoms in total. The van der Waals surface area contributed by atoms with Crippen LogP contribution < -0.4 is 10.9 Å². The largest absolute Gasteiger partial charge is 0.347 e. The number of nitrogens with one attached hydrogen (secondary N) is 1. The standard InChI is InChI=1S/C2H5N2O/c1-3-4-2-5-1/h3H,1-2H2. The fraction of sp³-hybridized carbons (Fsp3) is 1.00. The summed E-state index contributed by atoms with van der Waals surface area (Å²) < 4.78 is 4.67. The summed E-state index contributed by atoms with van der Waals surface area (Å²) in [5.41, 5.74) is 6.24. The molecule has 3 heteroatoms. The molecule has 0 aromatic rings. The summed E-state index contributed by atoms with van der Waals surface area (Å²) in [4.78, 5) is 0. The Morgan fingerprint density at radius 2 is 2.80 bits per heavy atom. The maximum absolute atomic E-state index is 4.67. The summed E-state index contributed by atoms with van der Waals surface area (Å²) in [5, 5.41) is 0. The van der Waals surface area contributed by atoms with Crippen molar-refractivity contribution in [3.05, 3.63) is 0 Å². The third-order valence-electron chi connectivity index (χ3n) is 0.434. The Morgan fingerprint density at radius 1 is 1.80 bits per heavy atom. The Labute approximate surface area is 30.3 Å². The highest BCUT2D eigenvalue weighted by molar-refractivity contribution is 4.28. The highest BCUT2D eigenvalue weighted by atomic mass is 16.5. The lowest BCUT2D eigenvalue weighted by Crippen LogP contribution is -2.12. The molecule has 0 aromatic carbocycles. The normalized spacial score (nSPS) is 24.0. The summed E-state index contributed by atoms with van der Waals surface area (Å²) in [6, 6.07) is 0. The van der Waals surface area contributed by atoms with Crippen LogP contribution in [0.5, 0.6) is 0 Å². The summed E-state index contributed by atoms with van der Waals surface area (Å²) in [7, 11) is 0. The lowest BCUT2D eigenvalue weighted by molar-refractivity contribution is 0.188. The first-order valence-corrected chi connectivity index (χ1v) is 1.47. The van der Waals surface area contributed by atoms with Gasteiger partial charge in [-0.25, -0.2) is 5.43 Å². The first-order valence-electron chi connectivity index (χ1n) is 1.47. The van der Waals surface area contributed by atoms with Crippen LogP contribution in [0, 0.1) is 0 Å². The first kappa shape index (κ1) is 3.08. The fourth-order valence-electron chi connectivity index (χ4n) is 0.228. The molecular weight excluding hydrogens is 68.0 g/mol. The van der Waals surface area contributed by atoms with E-state index in [1.54, 1.807) is 0 Å². The lowest BCUT2D eigenvalue weighted by Gasteiger charge is -1.73. The third-order valence-corrected chi connectivity index (χ3v) is 0.434. The molecule has 1 aliphatic rings. The van der Waals surface area contributed by atoms with Gasteiger partial charge in [0.1, 0.15) is 13.5 Å². The quantitative estimate of drug-likeness (QED) is 0.401. The molecule has 1 radical (unpaired) electrons. The van der Waals surface area contributed by atoms with Gasteiger partial charge in [-0.05, 0) is 0 Å². The van der Waals surface area contributed by atoms with Crippen molar-refractivity contribution in [2.24, 2.45) is 0 Å². The van der Waals surface area contributed by atoms with Crippen LogP contribution in [0.4, 0.5) is 0 Å². The van der Waals surface area contributed by atoms with Gasteiger partial charge in [0.25, 0.3) is 0 Å². The summed E-state index contributed by atoms with van der Waals surface area (Å²) in [6.45, 7) is 1.10. The third kappa shape index (κ3) is 0.576. The number of rotatable bonds is 0. The number of hydrogen-bond donors (Lipinski definition) is 1. The SMILES string of the molecule is C1[N]NCO1. The van der Waals surface area contributed by atoms with E-state index in [0.717, 1.165) is 0 Å². The second kappa shape index (κ2) is 1.35. The van der Waals surface area contributed by atoms with Gasteiger partial charge in [-0.1, -0.05) is 0 Å². The number of nitrogens with zero attached hydrogens (tertiary/aromatic N) is 1. The zero-order valence-corrected chi connectivity index (χ0v) is 2.77. The fourth-order valence-corrected chi connectivity index (χ4v) is 0.228. The van der Waals surface area contributed by atoms with Crippen LogP contribution in [0.25, 0.3) is 0 Å². The van der Waals surface area contributed by atoms with Crippen molar-refractivity contribution in [1.29, 1.82) is 0 Å². The molecule has 29 valence electrons. The Balaban J connectivity index is 2.08. The van der Waals surface area contributed by atoms with Crippen LogP contribution in [0.2, 0.25) is 0 Å². The van der Waals surface area contributed by atoms with Gasteiger partial charge in [0.15, 0.2) is 0 Å². The van der Waals surface area contributed by atoms with Crippen molar-refractivity contribution >= 4 is 0 Å². The van der Waals surface area contributed by atoms with E-state index in [1.165, 1.54) is 0 Å². The predicted molar refractivity (Wildman–Crippen MR) is 16.1 cm³/mol. The Hall–Kier alpha value is -0.120. The number of hydrogen-bond acceptors (Lipinski definition) is 2. The molecule has 1 aliphatic heterocycles. The number of ether oxygens (including phenoxy) is 1. The predicted octanol–water partition coefficient (Wildman–Crippen LogP) is -0.959. The molecule has 1 saturated heterocycles. The Bertz CT molecular complexity index is 19.2. The summed E-state index contributed by atoms with van der Waals surface area (Å²) in [5.74, 6) is 0. The highest BCUT2D eigenvalue weighted by Crippen LogP contribution is 1.70. The maximum atomic E-state index is 4.67. The van der Waals surface area contributed by atoms with E-state index in [0.29, 0.717) is 13.5 Å². The van der Waals surface area contributed by atoms with Crippen molar-refractivity contribution in [2.45, 2.75) is 0 Å². The zero-order chi connectivity index (χ0) is 3.54. The first-order chi connectivity index (χ1) is 2.50. The highest BCUT2D eigenvalue weighted by Gasteiger charge is 1.92. The molecule has 0 unspecified atom stereocenters. The van der Waals surface area contributed by atoms with Gasteiger partial charge in [0.05, 0.1) is 0 Å². The van der Waals surface area contributed by atoms with Gasteiger partial charge in [0, 0.05) is 0 Å². The van der Waals surface area contributed by atoms with Gasteiger partial charge < -0.3 is 4.74 Å². The van der Waals surface area contributed by atoms with Crippen molar-refractivity contribution < 1.29 is 4.74 Å². The van der Waals surface area contributed by atoms with Crippen LogP contribution >= 0.6 is 0 Å². The van der Waals surface area contributed by atoms with Crippen molar-refractivity contribution in [3.63, 3.8) is 0 Å². The topological polar surface area (TPSA) is 35.4 Å². The van der Waals surface area contributed by atoms with Crippen LogP contribution in [-0.4, -0.2) is 13.5 Å². The zero-order valence-electron chi connectivity index (χ0n) is 2.77. The van der Waals surface area contributed by atoms with Gasteiger partial charge >= 0.3 is 0 Å². The molecule has 0 aliphatic carbocycles. The van der Waals surface area contributed by atoms with Crippen LogP contribution in [0.3, 0.4) is 0 Å². The molecule has 1 heterocycles. The minimum Gasteiger partial charge on any atom is -0.347 e. The monoisotopic (exact) mass is 73.0 g/mol. The van der Waals surface area contributed by atoms with Gasteiger partial charge in [-0.3, -0.25) is 0 Å². The molecule has 0 bridgehead atoms. The van der Waals surface area contributed by atoms with Crippen LogP contribution in [0.1, 0.15) is 0 Å². The van der Waals surface area contributed by atoms with Crippen molar-refractivity contribution in [2.75, 3.05) is 13.5 Å². The Morgan fingerprint density at radius 3 is 3.00 bits per heavy atom. The van der Waals surface area contributed by atoms with Crippen molar-refractivity contribution in [1.82, 2.24) is 10.9 Å². The van der Waals surface area contributed by atoms with E-state index < -0.39 is 0 Å². The minimum absolute atomic E-state index is 0.514. The average molecular weight is 73.1 g/mol. The molecule has 1 N–H and O–H groups in total.